The molecule has 0 aliphatic heterocycles. The van der Waals surface area contributed by atoms with Gasteiger partial charge in [0.05, 0.1) is 0 Å². The van der Waals surface area contributed by atoms with Gasteiger partial charge in [-0.3, -0.25) is 0 Å². The first-order valence-corrected chi connectivity index (χ1v) is 4.33. The van der Waals surface area contributed by atoms with Crippen LogP contribution in [0.25, 0.3) is 0 Å². The van der Waals surface area contributed by atoms with Gasteiger partial charge in [0, 0.05) is 6.61 Å². The Kier molecular flexibility index (Phi) is 5.98. The van der Waals surface area contributed by atoms with Crippen LogP contribution in [0.15, 0.2) is 0 Å². The van der Waals surface area contributed by atoms with Gasteiger partial charge in [0.2, 0.25) is 0 Å². The van der Waals surface area contributed by atoms with Crippen molar-refractivity contribution in [3.8, 4) is 0 Å². The second kappa shape index (κ2) is 6.04. The third-order valence-electron chi connectivity index (χ3n) is 0.839. The number of ether oxygens (including phenoxy) is 1. The first kappa shape index (κ1) is 8.91. The van der Waals surface area contributed by atoms with E-state index in [1.165, 1.54) is 0 Å². The summed E-state index contributed by atoms with van der Waals surface area (Å²) in [6, 6.07) is 0. The van der Waals surface area contributed by atoms with Gasteiger partial charge in [-0.25, -0.2) is 8.42 Å². The quantitative estimate of drug-likeness (QED) is 0.457. The Hall–Kier alpha value is -0.0900. The predicted octanol–water partition coefficient (Wildman–Crippen LogP) is 0.372. The molecular weight excluding hydrogens is 140 g/mol. The van der Waals surface area contributed by atoms with Gasteiger partial charge in [0.15, 0.2) is 10.7 Å². The Balaban J connectivity index is 2.92. The van der Waals surface area contributed by atoms with Crippen LogP contribution in [0.5, 0.6) is 0 Å². The van der Waals surface area contributed by atoms with E-state index in [1.807, 2.05) is 6.92 Å². The maximum atomic E-state index is 9.87. The highest BCUT2D eigenvalue weighted by molar-refractivity contribution is 7.72. The number of hydrogen-bond donors (Lipinski definition) is 1. The summed E-state index contributed by atoms with van der Waals surface area (Å²) in [6.45, 7) is 2.58. The summed E-state index contributed by atoms with van der Waals surface area (Å²) >= 11 is 0. The fourth-order valence-electron chi connectivity index (χ4n) is 0.385. The van der Waals surface area contributed by atoms with E-state index in [1.54, 1.807) is 0 Å². The number of hydrogen-bond acceptors (Lipinski definition) is 3. The van der Waals surface area contributed by atoms with Crippen molar-refractivity contribution in [3.05, 3.63) is 0 Å². The van der Waals surface area contributed by atoms with Crippen LogP contribution in [0.1, 0.15) is 19.8 Å². The summed E-state index contributed by atoms with van der Waals surface area (Å²) in [4.78, 5) is 0. The molecule has 56 valence electrons. The molecule has 9 heavy (non-hydrogen) atoms. The van der Waals surface area contributed by atoms with Crippen molar-refractivity contribution in [1.29, 1.82) is 0 Å². The molecule has 0 aromatic rings. The number of unbranched alkanes of at least 4 members (excludes halogenated alkanes) is 1. The van der Waals surface area contributed by atoms with Gasteiger partial charge >= 0.3 is 0 Å². The van der Waals surface area contributed by atoms with Crippen LogP contribution in [0.3, 0.4) is 0 Å². The fourth-order valence-corrected chi connectivity index (χ4v) is 0.664. The monoisotopic (exact) mass is 152 g/mol. The largest absolute Gasteiger partial charge is 0.366 e. The molecule has 3 nitrogen and oxygen atoms in total. The van der Waals surface area contributed by atoms with E-state index < -0.39 is 10.7 Å². The van der Waals surface area contributed by atoms with Crippen LogP contribution in [0.4, 0.5) is 0 Å². The van der Waals surface area contributed by atoms with Crippen molar-refractivity contribution in [1.82, 2.24) is 0 Å². The molecular formula is C5H12O3S. The molecule has 0 unspecified atom stereocenters. The van der Waals surface area contributed by atoms with E-state index >= 15 is 0 Å². The third-order valence-corrected chi connectivity index (χ3v) is 1.23. The van der Waals surface area contributed by atoms with Gasteiger partial charge in [-0.15, -0.1) is 0 Å². The highest BCUT2D eigenvalue weighted by Crippen LogP contribution is 1.86. The van der Waals surface area contributed by atoms with Crippen LogP contribution in [0.2, 0.25) is 0 Å². The Labute approximate surface area is 57.0 Å². The SMILES string of the molecule is CCCCOC[SH](=O)=O. The zero-order chi connectivity index (χ0) is 7.11. The van der Waals surface area contributed by atoms with E-state index in [-0.39, 0.29) is 5.94 Å². The molecule has 4 heteroatoms. The number of rotatable bonds is 5. The van der Waals surface area contributed by atoms with Crippen molar-refractivity contribution >= 4 is 10.7 Å². The fraction of sp³-hybridized carbons (Fsp3) is 1.00. The molecule has 0 saturated heterocycles. The van der Waals surface area contributed by atoms with Crippen LogP contribution >= 0.6 is 0 Å². The summed E-state index contributed by atoms with van der Waals surface area (Å²) in [5, 5.41) is 0. The summed E-state index contributed by atoms with van der Waals surface area (Å²) in [7, 11) is -2.34. The van der Waals surface area contributed by atoms with Crippen LogP contribution in [0, 0.1) is 0 Å². The lowest BCUT2D eigenvalue weighted by atomic mass is 10.4. The molecule has 0 fully saturated rings. The summed E-state index contributed by atoms with van der Waals surface area (Å²) in [5.41, 5.74) is 0. The summed E-state index contributed by atoms with van der Waals surface area (Å²) in [6.07, 6.45) is 1.97. The van der Waals surface area contributed by atoms with Gasteiger partial charge in [0.25, 0.3) is 0 Å². The van der Waals surface area contributed by atoms with E-state index in [0.29, 0.717) is 6.61 Å². The lowest BCUT2D eigenvalue weighted by Gasteiger charge is -1.94. The molecule has 0 spiro atoms. The van der Waals surface area contributed by atoms with Gasteiger partial charge < -0.3 is 4.74 Å². The van der Waals surface area contributed by atoms with Crippen LogP contribution in [-0.2, 0) is 15.4 Å². The molecule has 0 bridgehead atoms. The molecule has 0 rings (SSSR count). The average Bonchev–Trinajstić information content (AvgIpc) is 1.80. The normalized spacial score (nSPS) is 10.4. The highest BCUT2D eigenvalue weighted by atomic mass is 32.2. The minimum absolute atomic E-state index is 0.130. The lowest BCUT2D eigenvalue weighted by Crippen LogP contribution is -1.96. The first-order valence-electron chi connectivity index (χ1n) is 2.97. The average molecular weight is 152 g/mol. The number of thiol groups is 1. The minimum atomic E-state index is -2.34. The molecule has 0 aromatic carbocycles. The molecule has 0 N–H and O–H groups in total. The van der Waals surface area contributed by atoms with Crippen molar-refractivity contribution in [2.45, 2.75) is 19.8 Å². The van der Waals surface area contributed by atoms with Crippen LogP contribution < -0.4 is 0 Å². The topological polar surface area (TPSA) is 43.4 Å². The van der Waals surface area contributed by atoms with Gasteiger partial charge in [-0.2, -0.15) is 0 Å². The Bertz CT molecular complexity index is 111. The van der Waals surface area contributed by atoms with Gasteiger partial charge in [0.1, 0.15) is 5.94 Å². The Morgan fingerprint density at radius 2 is 2.11 bits per heavy atom. The van der Waals surface area contributed by atoms with Gasteiger partial charge in [-0.05, 0) is 6.42 Å². The first-order chi connectivity index (χ1) is 4.27. The molecule has 0 atom stereocenters. The van der Waals surface area contributed by atoms with Crippen LogP contribution in [-0.4, -0.2) is 21.0 Å². The second-order valence-corrected chi connectivity index (χ2v) is 2.65. The van der Waals surface area contributed by atoms with Crippen molar-refractivity contribution in [2.24, 2.45) is 0 Å². The summed E-state index contributed by atoms with van der Waals surface area (Å²) in [5.74, 6) is -0.130. The van der Waals surface area contributed by atoms with E-state index in [9.17, 15) is 8.42 Å². The third kappa shape index (κ3) is 7.91. The summed E-state index contributed by atoms with van der Waals surface area (Å²) < 4.78 is 24.5. The maximum Gasteiger partial charge on any atom is 0.164 e. The van der Waals surface area contributed by atoms with E-state index in [0.717, 1.165) is 12.8 Å². The molecule has 0 radical (unpaired) electrons. The molecule has 0 heterocycles. The minimum Gasteiger partial charge on any atom is -0.366 e. The van der Waals surface area contributed by atoms with Gasteiger partial charge in [-0.1, -0.05) is 13.3 Å². The molecule has 0 aliphatic carbocycles. The molecule has 0 aromatic heterocycles. The Morgan fingerprint density at radius 1 is 1.44 bits per heavy atom. The smallest absolute Gasteiger partial charge is 0.164 e. The molecule has 0 amide bonds. The highest BCUT2D eigenvalue weighted by Gasteiger charge is 1.85. The molecule has 0 saturated carbocycles. The zero-order valence-corrected chi connectivity index (χ0v) is 6.39. The van der Waals surface area contributed by atoms with Crippen molar-refractivity contribution in [3.63, 3.8) is 0 Å². The maximum absolute atomic E-state index is 9.87. The lowest BCUT2D eigenvalue weighted by molar-refractivity contribution is 0.175. The van der Waals surface area contributed by atoms with E-state index in [4.69, 9.17) is 4.74 Å². The van der Waals surface area contributed by atoms with E-state index in [2.05, 4.69) is 0 Å². The van der Waals surface area contributed by atoms with Crippen molar-refractivity contribution in [2.75, 3.05) is 12.5 Å². The van der Waals surface area contributed by atoms with Crippen molar-refractivity contribution < 1.29 is 13.2 Å². The Morgan fingerprint density at radius 3 is 2.56 bits per heavy atom. The standard InChI is InChI=1S/C5H12O3S/c1-2-3-4-8-5-9(6)7/h9H,2-5H2,1H3. The molecule has 0 aliphatic rings. The predicted molar refractivity (Wildman–Crippen MR) is 36.0 cm³/mol. The zero-order valence-electron chi connectivity index (χ0n) is 5.50. The second-order valence-electron chi connectivity index (χ2n) is 1.72.